The summed E-state index contributed by atoms with van der Waals surface area (Å²) in [6.07, 6.45) is 0. The molecule has 1 atom stereocenters. The van der Waals surface area contributed by atoms with E-state index in [1.54, 1.807) is 0 Å². The van der Waals surface area contributed by atoms with E-state index in [2.05, 4.69) is 5.32 Å². The van der Waals surface area contributed by atoms with Crippen molar-refractivity contribution in [2.24, 2.45) is 5.92 Å². The molecule has 0 aliphatic heterocycles. The fraction of sp³-hybridized carbons (Fsp3) is 0.562. The van der Waals surface area contributed by atoms with Gasteiger partial charge in [0.2, 0.25) is 0 Å². The number of aliphatic hydroxyl groups is 1. The Labute approximate surface area is 121 Å². The predicted octanol–water partition coefficient (Wildman–Crippen LogP) is 2.12. The first-order valence-electron chi connectivity index (χ1n) is 6.96. The lowest BCUT2D eigenvalue weighted by Gasteiger charge is -2.20. The van der Waals surface area contributed by atoms with E-state index in [-0.39, 0.29) is 31.1 Å². The molecule has 0 saturated heterocycles. The quantitative estimate of drug-likeness (QED) is 0.838. The van der Waals surface area contributed by atoms with E-state index in [1.807, 2.05) is 46.8 Å². The Morgan fingerprint density at radius 3 is 2.25 bits per heavy atom. The molecule has 0 aliphatic carbocycles. The predicted molar refractivity (Wildman–Crippen MR) is 80.0 cm³/mol. The second-order valence-electron chi connectivity index (χ2n) is 5.62. The number of carbonyl (C=O) groups is 1. The van der Waals surface area contributed by atoms with Crippen LogP contribution >= 0.6 is 0 Å². The van der Waals surface area contributed by atoms with Gasteiger partial charge in [-0.15, -0.1) is 0 Å². The molecule has 4 nitrogen and oxygen atoms in total. The summed E-state index contributed by atoms with van der Waals surface area (Å²) in [5.74, 6) is 0.736. The van der Waals surface area contributed by atoms with Crippen LogP contribution in [0.2, 0.25) is 0 Å². The summed E-state index contributed by atoms with van der Waals surface area (Å²) in [5, 5.41) is 12.0. The molecule has 0 aromatic heterocycles. The number of aryl methyl sites for hydroxylation is 3. The highest BCUT2D eigenvalue weighted by Gasteiger charge is 2.16. The molecular formula is C16H25NO3. The highest BCUT2D eigenvalue weighted by Crippen LogP contribution is 2.24. The zero-order valence-corrected chi connectivity index (χ0v) is 13.0. The molecule has 0 spiro atoms. The molecule has 1 aromatic rings. The van der Waals surface area contributed by atoms with Crippen LogP contribution in [0.3, 0.4) is 0 Å². The smallest absolute Gasteiger partial charge is 0.258 e. The molecule has 0 bridgehead atoms. The Kier molecular flexibility index (Phi) is 6.02. The summed E-state index contributed by atoms with van der Waals surface area (Å²) < 4.78 is 5.62. The van der Waals surface area contributed by atoms with E-state index < -0.39 is 0 Å². The van der Waals surface area contributed by atoms with Crippen LogP contribution in [0, 0.1) is 26.7 Å². The van der Waals surface area contributed by atoms with E-state index in [1.165, 1.54) is 5.56 Å². The van der Waals surface area contributed by atoms with Crippen LogP contribution < -0.4 is 10.1 Å². The summed E-state index contributed by atoms with van der Waals surface area (Å²) in [5.41, 5.74) is 3.23. The Morgan fingerprint density at radius 1 is 1.25 bits per heavy atom. The first-order chi connectivity index (χ1) is 9.35. The lowest BCUT2D eigenvalue weighted by molar-refractivity contribution is -0.124. The normalized spacial score (nSPS) is 12.3. The van der Waals surface area contributed by atoms with E-state index in [9.17, 15) is 9.90 Å². The maximum atomic E-state index is 11.8. The summed E-state index contributed by atoms with van der Waals surface area (Å²) in [6.45, 7) is 9.78. The minimum absolute atomic E-state index is 0.0338. The fourth-order valence-corrected chi connectivity index (χ4v) is 2.20. The van der Waals surface area contributed by atoms with Crippen LogP contribution in [0.5, 0.6) is 5.75 Å². The lowest BCUT2D eigenvalue weighted by atomic mass is 10.1. The van der Waals surface area contributed by atoms with E-state index in [0.717, 1.165) is 16.9 Å². The second-order valence-corrected chi connectivity index (χ2v) is 5.62. The minimum atomic E-state index is -0.230. The van der Waals surface area contributed by atoms with Gasteiger partial charge in [-0.05, 0) is 37.8 Å². The van der Waals surface area contributed by atoms with Crippen molar-refractivity contribution in [1.29, 1.82) is 0 Å². The number of ether oxygens (including phenoxy) is 1. The Hall–Kier alpha value is -1.55. The van der Waals surface area contributed by atoms with Crippen molar-refractivity contribution < 1.29 is 14.6 Å². The summed E-state index contributed by atoms with van der Waals surface area (Å²) in [6, 6.07) is 3.83. The number of hydrogen-bond donors (Lipinski definition) is 2. The third-order valence-corrected chi connectivity index (χ3v) is 3.30. The molecule has 0 radical (unpaired) electrons. The van der Waals surface area contributed by atoms with Gasteiger partial charge < -0.3 is 15.2 Å². The van der Waals surface area contributed by atoms with Gasteiger partial charge in [0.25, 0.3) is 5.91 Å². The third-order valence-electron chi connectivity index (χ3n) is 3.30. The van der Waals surface area contributed by atoms with Crippen molar-refractivity contribution >= 4 is 5.91 Å². The van der Waals surface area contributed by atoms with Crippen LogP contribution in [-0.2, 0) is 4.79 Å². The number of hydrogen-bond acceptors (Lipinski definition) is 3. The molecule has 112 valence electrons. The second kappa shape index (κ2) is 7.29. The Morgan fingerprint density at radius 2 is 1.80 bits per heavy atom. The molecule has 0 heterocycles. The van der Waals surface area contributed by atoms with E-state index >= 15 is 0 Å². The van der Waals surface area contributed by atoms with Gasteiger partial charge in [-0.2, -0.15) is 0 Å². The average molecular weight is 279 g/mol. The topological polar surface area (TPSA) is 58.6 Å². The van der Waals surface area contributed by atoms with Gasteiger partial charge in [0.15, 0.2) is 6.61 Å². The van der Waals surface area contributed by atoms with Crippen molar-refractivity contribution in [3.8, 4) is 5.75 Å². The van der Waals surface area contributed by atoms with Crippen molar-refractivity contribution in [2.45, 2.75) is 40.7 Å². The highest BCUT2D eigenvalue weighted by molar-refractivity contribution is 5.78. The lowest BCUT2D eigenvalue weighted by Crippen LogP contribution is -2.43. The van der Waals surface area contributed by atoms with Gasteiger partial charge in [-0.1, -0.05) is 31.5 Å². The van der Waals surface area contributed by atoms with Gasteiger partial charge in [-0.3, -0.25) is 4.79 Å². The molecular weight excluding hydrogens is 254 g/mol. The molecule has 1 rings (SSSR count). The first kappa shape index (κ1) is 16.5. The summed E-state index contributed by atoms with van der Waals surface area (Å²) in [7, 11) is 0. The largest absolute Gasteiger partial charge is 0.483 e. The van der Waals surface area contributed by atoms with E-state index in [4.69, 9.17) is 4.74 Å². The van der Waals surface area contributed by atoms with Gasteiger partial charge >= 0.3 is 0 Å². The molecule has 1 unspecified atom stereocenters. The Balaban J connectivity index is 2.62. The van der Waals surface area contributed by atoms with Gasteiger partial charge in [0, 0.05) is 0 Å². The molecule has 2 N–H and O–H groups in total. The molecule has 1 aromatic carbocycles. The molecule has 20 heavy (non-hydrogen) atoms. The van der Waals surface area contributed by atoms with Crippen molar-refractivity contribution in [2.75, 3.05) is 13.2 Å². The highest BCUT2D eigenvalue weighted by atomic mass is 16.5. The van der Waals surface area contributed by atoms with Crippen LogP contribution in [0.25, 0.3) is 0 Å². The maximum Gasteiger partial charge on any atom is 0.258 e. The number of benzene rings is 1. The third kappa shape index (κ3) is 4.53. The standard InChI is InChI=1S/C16H25NO3/c1-10(2)14(8-18)17-15(19)9-20-16-12(4)6-11(3)7-13(16)5/h6-7,10,14,18H,8-9H2,1-5H3,(H,17,19). The van der Waals surface area contributed by atoms with Crippen LogP contribution in [0.1, 0.15) is 30.5 Å². The average Bonchev–Trinajstić information content (AvgIpc) is 2.34. The van der Waals surface area contributed by atoms with Gasteiger partial charge in [-0.25, -0.2) is 0 Å². The van der Waals surface area contributed by atoms with Gasteiger partial charge in [0.05, 0.1) is 12.6 Å². The van der Waals surface area contributed by atoms with E-state index in [0.29, 0.717) is 0 Å². The molecule has 0 saturated carbocycles. The summed E-state index contributed by atoms with van der Waals surface area (Å²) >= 11 is 0. The minimum Gasteiger partial charge on any atom is -0.483 e. The monoisotopic (exact) mass is 279 g/mol. The molecule has 1 amide bonds. The number of rotatable bonds is 6. The first-order valence-corrected chi connectivity index (χ1v) is 6.96. The van der Waals surface area contributed by atoms with Gasteiger partial charge in [0.1, 0.15) is 5.75 Å². The number of amides is 1. The van der Waals surface area contributed by atoms with Crippen LogP contribution in [0.4, 0.5) is 0 Å². The van der Waals surface area contributed by atoms with Crippen molar-refractivity contribution in [1.82, 2.24) is 5.32 Å². The fourth-order valence-electron chi connectivity index (χ4n) is 2.20. The maximum absolute atomic E-state index is 11.8. The summed E-state index contributed by atoms with van der Waals surface area (Å²) in [4.78, 5) is 11.8. The molecule has 0 aliphatic rings. The van der Waals surface area contributed by atoms with Crippen molar-refractivity contribution in [3.63, 3.8) is 0 Å². The van der Waals surface area contributed by atoms with Crippen LogP contribution in [-0.4, -0.2) is 30.3 Å². The Bertz CT molecular complexity index is 446. The van der Waals surface area contributed by atoms with Crippen LogP contribution in [0.15, 0.2) is 12.1 Å². The zero-order valence-electron chi connectivity index (χ0n) is 13.0. The number of carbonyl (C=O) groups excluding carboxylic acids is 1. The molecule has 4 heteroatoms. The molecule has 0 fully saturated rings. The van der Waals surface area contributed by atoms with Crippen molar-refractivity contribution in [3.05, 3.63) is 28.8 Å². The number of nitrogens with one attached hydrogen (secondary N) is 1. The number of aliphatic hydroxyl groups excluding tert-OH is 1. The zero-order chi connectivity index (χ0) is 15.3. The SMILES string of the molecule is Cc1cc(C)c(OCC(=O)NC(CO)C(C)C)c(C)c1.